The molecule has 1 rings (SSSR count). The van der Waals surface area contributed by atoms with Crippen LogP contribution in [0.2, 0.25) is 0 Å². The van der Waals surface area contributed by atoms with Gasteiger partial charge in [0.1, 0.15) is 6.61 Å². The minimum Gasteiger partial charge on any atom is -0.375 e. The zero-order valence-electron chi connectivity index (χ0n) is 10.5. The van der Waals surface area contributed by atoms with Crippen molar-refractivity contribution in [1.82, 2.24) is 4.90 Å². The standard InChI is InChI=1S/C11H20F2N2O3/c1-8(14)9-6-15(3-5-18-9)11(16)2-4-17-7-10(12)13/h8-10H,2-7,14H2,1H3. The summed E-state index contributed by atoms with van der Waals surface area (Å²) in [5.41, 5.74) is 5.71. The molecule has 0 aromatic rings. The highest BCUT2D eigenvalue weighted by Crippen LogP contribution is 2.09. The summed E-state index contributed by atoms with van der Waals surface area (Å²) < 4.78 is 33.7. The van der Waals surface area contributed by atoms with E-state index in [1.807, 2.05) is 6.92 Å². The molecule has 1 heterocycles. The molecular weight excluding hydrogens is 246 g/mol. The molecule has 2 N–H and O–H groups in total. The Balaban J connectivity index is 2.24. The fraction of sp³-hybridized carbons (Fsp3) is 0.909. The molecule has 18 heavy (non-hydrogen) atoms. The van der Waals surface area contributed by atoms with Gasteiger partial charge >= 0.3 is 0 Å². The molecule has 2 unspecified atom stereocenters. The third kappa shape index (κ3) is 5.24. The van der Waals surface area contributed by atoms with Crippen LogP contribution in [-0.4, -0.2) is 62.3 Å². The van der Waals surface area contributed by atoms with E-state index in [0.717, 1.165) is 0 Å². The molecule has 7 heteroatoms. The van der Waals surface area contributed by atoms with Gasteiger partial charge in [-0.05, 0) is 6.92 Å². The zero-order chi connectivity index (χ0) is 13.5. The maximum atomic E-state index is 11.8. The van der Waals surface area contributed by atoms with E-state index in [9.17, 15) is 13.6 Å². The number of ether oxygens (including phenoxy) is 2. The van der Waals surface area contributed by atoms with E-state index in [0.29, 0.717) is 19.7 Å². The largest absolute Gasteiger partial charge is 0.375 e. The Morgan fingerprint density at radius 3 is 2.94 bits per heavy atom. The molecule has 0 spiro atoms. The average Bonchev–Trinajstić information content (AvgIpc) is 2.34. The number of halogens is 2. The van der Waals surface area contributed by atoms with Crippen molar-refractivity contribution in [2.45, 2.75) is 31.9 Å². The number of nitrogens with zero attached hydrogens (tertiary/aromatic N) is 1. The van der Waals surface area contributed by atoms with Crippen molar-refractivity contribution in [3.8, 4) is 0 Å². The maximum absolute atomic E-state index is 11.8. The number of alkyl halides is 2. The monoisotopic (exact) mass is 266 g/mol. The number of hydrogen-bond donors (Lipinski definition) is 1. The second-order valence-electron chi connectivity index (χ2n) is 4.32. The van der Waals surface area contributed by atoms with Crippen LogP contribution < -0.4 is 5.73 Å². The van der Waals surface area contributed by atoms with E-state index >= 15 is 0 Å². The quantitative estimate of drug-likeness (QED) is 0.699. The van der Waals surface area contributed by atoms with Crippen LogP contribution in [0.5, 0.6) is 0 Å². The molecule has 1 amide bonds. The summed E-state index contributed by atoms with van der Waals surface area (Å²) in [7, 11) is 0. The summed E-state index contributed by atoms with van der Waals surface area (Å²) in [6, 6.07) is -0.143. The summed E-state index contributed by atoms with van der Waals surface area (Å²) in [5.74, 6) is -0.113. The third-order valence-corrected chi connectivity index (χ3v) is 2.74. The molecule has 1 saturated heterocycles. The molecule has 0 aromatic carbocycles. The molecule has 0 saturated carbocycles. The molecule has 2 atom stereocenters. The fourth-order valence-corrected chi connectivity index (χ4v) is 1.71. The van der Waals surface area contributed by atoms with Crippen LogP contribution in [0.4, 0.5) is 8.78 Å². The van der Waals surface area contributed by atoms with Crippen LogP contribution >= 0.6 is 0 Å². The van der Waals surface area contributed by atoms with E-state index in [-0.39, 0.29) is 31.1 Å². The lowest BCUT2D eigenvalue weighted by Crippen LogP contribution is -2.51. The number of hydrogen-bond acceptors (Lipinski definition) is 4. The minimum atomic E-state index is -2.49. The van der Waals surface area contributed by atoms with Gasteiger partial charge in [-0.3, -0.25) is 4.79 Å². The van der Waals surface area contributed by atoms with Gasteiger partial charge < -0.3 is 20.1 Å². The smallest absolute Gasteiger partial charge is 0.261 e. The number of rotatable bonds is 6. The lowest BCUT2D eigenvalue weighted by Gasteiger charge is -2.34. The van der Waals surface area contributed by atoms with E-state index in [1.54, 1.807) is 4.90 Å². The van der Waals surface area contributed by atoms with Crippen molar-refractivity contribution in [2.75, 3.05) is 32.9 Å². The van der Waals surface area contributed by atoms with Gasteiger partial charge in [0.15, 0.2) is 0 Å². The Kier molecular flexibility index (Phi) is 6.45. The molecule has 1 aliphatic rings. The average molecular weight is 266 g/mol. The molecule has 1 fully saturated rings. The third-order valence-electron chi connectivity index (χ3n) is 2.74. The molecule has 0 aliphatic carbocycles. The first-order valence-electron chi connectivity index (χ1n) is 6.01. The second-order valence-corrected chi connectivity index (χ2v) is 4.32. The van der Waals surface area contributed by atoms with Crippen molar-refractivity contribution in [1.29, 1.82) is 0 Å². The Labute approximate surface area is 105 Å². The van der Waals surface area contributed by atoms with Gasteiger partial charge in [0, 0.05) is 19.1 Å². The molecule has 5 nitrogen and oxygen atoms in total. The van der Waals surface area contributed by atoms with Gasteiger partial charge in [-0.15, -0.1) is 0 Å². The van der Waals surface area contributed by atoms with Gasteiger partial charge in [-0.25, -0.2) is 8.78 Å². The molecular formula is C11H20F2N2O3. The minimum absolute atomic E-state index is 0.0172. The highest BCUT2D eigenvalue weighted by atomic mass is 19.3. The first-order chi connectivity index (χ1) is 8.50. The zero-order valence-corrected chi connectivity index (χ0v) is 10.5. The van der Waals surface area contributed by atoms with E-state index in [1.165, 1.54) is 0 Å². The fourth-order valence-electron chi connectivity index (χ4n) is 1.71. The summed E-state index contributed by atoms with van der Waals surface area (Å²) in [4.78, 5) is 13.4. The number of nitrogens with two attached hydrogens (primary N) is 1. The topological polar surface area (TPSA) is 64.8 Å². The van der Waals surface area contributed by atoms with Crippen molar-refractivity contribution in [3.05, 3.63) is 0 Å². The Hall–Kier alpha value is -0.790. The molecule has 0 bridgehead atoms. The number of amides is 1. The first kappa shape index (κ1) is 15.3. The van der Waals surface area contributed by atoms with Crippen LogP contribution in [0, 0.1) is 0 Å². The molecule has 0 radical (unpaired) electrons. The lowest BCUT2D eigenvalue weighted by molar-refractivity contribution is -0.140. The van der Waals surface area contributed by atoms with Crippen molar-refractivity contribution in [3.63, 3.8) is 0 Å². The van der Waals surface area contributed by atoms with Crippen LogP contribution in [0.3, 0.4) is 0 Å². The summed E-state index contributed by atoms with van der Waals surface area (Å²) in [6.45, 7) is 2.63. The number of morpholine rings is 1. The Morgan fingerprint density at radius 2 is 2.33 bits per heavy atom. The molecule has 0 aromatic heterocycles. The SMILES string of the molecule is CC(N)C1CN(C(=O)CCOCC(F)F)CCO1. The molecule has 106 valence electrons. The second kappa shape index (κ2) is 7.60. The van der Waals surface area contributed by atoms with E-state index in [2.05, 4.69) is 4.74 Å². The number of carbonyl (C=O) groups is 1. The maximum Gasteiger partial charge on any atom is 0.261 e. The summed E-state index contributed by atoms with van der Waals surface area (Å²) in [6.07, 6.45) is -2.55. The Morgan fingerprint density at radius 1 is 1.61 bits per heavy atom. The van der Waals surface area contributed by atoms with Gasteiger partial charge in [0.2, 0.25) is 5.91 Å². The van der Waals surface area contributed by atoms with E-state index < -0.39 is 13.0 Å². The van der Waals surface area contributed by atoms with Crippen molar-refractivity contribution >= 4 is 5.91 Å². The normalized spacial score (nSPS) is 22.3. The lowest BCUT2D eigenvalue weighted by atomic mass is 10.1. The van der Waals surface area contributed by atoms with Crippen LogP contribution in [-0.2, 0) is 14.3 Å². The van der Waals surface area contributed by atoms with Gasteiger partial charge in [-0.1, -0.05) is 0 Å². The predicted molar refractivity (Wildman–Crippen MR) is 61.4 cm³/mol. The van der Waals surface area contributed by atoms with Crippen LogP contribution in [0.1, 0.15) is 13.3 Å². The summed E-state index contributed by atoms with van der Waals surface area (Å²) >= 11 is 0. The summed E-state index contributed by atoms with van der Waals surface area (Å²) in [5, 5.41) is 0. The Bertz CT molecular complexity index is 265. The molecule has 1 aliphatic heterocycles. The van der Waals surface area contributed by atoms with Crippen molar-refractivity contribution < 1.29 is 23.0 Å². The van der Waals surface area contributed by atoms with Gasteiger partial charge in [0.05, 0.1) is 25.7 Å². The highest BCUT2D eigenvalue weighted by molar-refractivity contribution is 5.76. The first-order valence-corrected chi connectivity index (χ1v) is 6.01. The highest BCUT2D eigenvalue weighted by Gasteiger charge is 2.26. The van der Waals surface area contributed by atoms with Gasteiger partial charge in [-0.2, -0.15) is 0 Å². The van der Waals surface area contributed by atoms with Crippen LogP contribution in [0.15, 0.2) is 0 Å². The van der Waals surface area contributed by atoms with Crippen molar-refractivity contribution in [2.24, 2.45) is 5.73 Å². The predicted octanol–water partition coefficient (Wildman–Crippen LogP) is 0.233. The number of carbonyl (C=O) groups excluding carboxylic acids is 1. The van der Waals surface area contributed by atoms with Gasteiger partial charge in [0.25, 0.3) is 6.43 Å². The van der Waals surface area contributed by atoms with Crippen LogP contribution in [0.25, 0.3) is 0 Å². The van der Waals surface area contributed by atoms with E-state index in [4.69, 9.17) is 10.5 Å².